The Bertz CT molecular complexity index is 1050. The fourth-order valence-corrected chi connectivity index (χ4v) is 3.88. The second kappa shape index (κ2) is 10.6. The lowest BCUT2D eigenvalue weighted by molar-refractivity contribution is -0.121. The van der Waals surface area contributed by atoms with Gasteiger partial charge in [-0.3, -0.25) is 4.79 Å². The summed E-state index contributed by atoms with van der Waals surface area (Å²) in [5.41, 5.74) is 2.87. The topological polar surface area (TPSA) is 116 Å². The molecule has 1 amide bonds. The number of rotatable bonds is 10. The first-order chi connectivity index (χ1) is 14.8. The van der Waals surface area contributed by atoms with E-state index in [4.69, 9.17) is 18.9 Å². The number of carbonyl (C=O) groups excluding carboxylic acids is 1. The number of ether oxygens (including phenoxy) is 4. The third-order valence-electron chi connectivity index (χ3n) is 4.26. The maximum absolute atomic E-state index is 12.9. The zero-order valence-corrected chi connectivity index (χ0v) is 18.7. The first kappa shape index (κ1) is 24.0. The van der Waals surface area contributed by atoms with Crippen LogP contribution in [0.4, 0.5) is 0 Å². The monoisotopic (exact) mass is 451 g/mol. The van der Waals surface area contributed by atoms with Crippen LogP contribution in [0, 0.1) is 0 Å². The second-order valence-corrected chi connectivity index (χ2v) is 8.19. The number of likely N-dealkylation sites (N-methyl/N-ethyl adjacent to an activating group) is 1. The normalized spacial score (nSPS) is 11.4. The molecule has 0 aliphatic carbocycles. The molecular weight excluding hydrogens is 426 g/mol. The molecular formula is C20H25N3O7S. The summed E-state index contributed by atoms with van der Waals surface area (Å²) in [5, 5.41) is 3.87. The molecule has 0 bridgehead atoms. The minimum Gasteiger partial charge on any atom is -0.497 e. The van der Waals surface area contributed by atoms with E-state index >= 15 is 0 Å². The number of amides is 1. The first-order valence-corrected chi connectivity index (χ1v) is 10.4. The average molecular weight is 452 g/mol. The highest BCUT2D eigenvalue weighted by Gasteiger charge is 2.27. The van der Waals surface area contributed by atoms with Crippen molar-refractivity contribution in [1.82, 2.24) is 9.73 Å². The predicted octanol–water partition coefficient (Wildman–Crippen LogP) is 1.49. The fourth-order valence-electron chi connectivity index (χ4n) is 2.59. The van der Waals surface area contributed by atoms with Gasteiger partial charge >= 0.3 is 0 Å². The van der Waals surface area contributed by atoms with Gasteiger partial charge in [-0.2, -0.15) is 9.41 Å². The molecule has 168 valence electrons. The molecule has 0 spiro atoms. The number of hydrogen-bond donors (Lipinski definition) is 1. The number of nitrogens with one attached hydrogen (secondary N) is 1. The molecule has 2 rings (SSSR count). The second-order valence-electron chi connectivity index (χ2n) is 6.18. The fraction of sp³-hybridized carbons (Fsp3) is 0.300. The first-order valence-electron chi connectivity index (χ1n) is 8.99. The van der Waals surface area contributed by atoms with E-state index in [1.54, 1.807) is 24.3 Å². The quantitative estimate of drug-likeness (QED) is 0.430. The van der Waals surface area contributed by atoms with Gasteiger partial charge in [-0.15, -0.1) is 0 Å². The third-order valence-corrected chi connectivity index (χ3v) is 6.08. The highest BCUT2D eigenvalue weighted by atomic mass is 32.2. The van der Waals surface area contributed by atoms with Crippen molar-refractivity contribution < 1.29 is 32.2 Å². The number of carbonyl (C=O) groups is 1. The molecule has 2 aromatic carbocycles. The predicted molar refractivity (Wildman–Crippen MR) is 115 cm³/mol. The largest absolute Gasteiger partial charge is 0.497 e. The van der Waals surface area contributed by atoms with Crippen molar-refractivity contribution in [2.75, 3.05) is 42.0 Å². The molecule has 0 saturated carbocycles. The van der Waals surface area contributed by atoms with Crippen LogP contribution in [0.2, 0.25) is 0 Å². The minimum atomic E-state index is -4.03. The van der Waals surface area contributed by atoms with Crippen LogP contribution in [0.1, 0.15) is 5.56 Å². The van der Waals surface area contributed by atoms with Crippen molar-refractivity contribution in [3.05, 3.63) is 42.0 Å². The molecule has 0 aliphatic rings. The van der Waals surface area contributed by atoms with Gasteiger partial charge in [0.15, 0.2) is 0 Å². The van der Waals surface area contributed by atoms with Gasteiger partial charge in [0.1, 0.15) is 27.9 Å². The van der Waals surface area contributed by atoms with Gasteiger partial charge < -0.3 is 18.9 Å². The van der Waals surface area contributed by atoms with Crippen molar-refractivity contribution in [1.29, 1.82) is 0 Å². The van der Waals surface area contributed by atoms with Crippen LogP contribution in [0.3, 0.4) is 0 Å². The van der Waals surface area contributed by atoms with Gasteiger partial charge in [-0.05, 0) is 30.3 Å². The summed E-state index contributed by atoms with van der Waals surface area (Å²) in [4.78, 5) is 12.1. The summed E-state index contributed by atoms with van der Waals surface area (Å²) in [5.74, 6) is 0.964. The lowest BCUT2D eigenvalue weighted by Crippen LogP contribution is -2.36. The van der Waals surface area contributed by atoms with Gasteiger partial charge in [0.25, 0.3) is 5.91 Å². The van der Waals surface area contributed by atoms with Crippen molar-refractivity contribution in [2.24, 2.45) is 5.10 Å². The van der Waals surface area contributed by atoms with Gasteiger partial charge in [0.05, 0.1) is 41.2 Å². The Balaban J connectivity index is 2.11. The molecule has 0 atom stereocenters. The Morgan fingerprint density at radius 2 is 1.55 bits per heavy atom. The highest BCUT2D eigenvalue weighted by molar-refractivity contribution is 7.89. The van der Waals surface area contributed by atoms with Crippen molar-refractivity contribution in [3.8, 4) is 23.0 Å². The Morgan fingerprint density at radius 3 is 2.13 bits per heavy atom. The third kappa shape index (κ3) is 5.86. The van der Waals surface area contributed by atoms with Gasteiger partial charge in [0, 0.05) is 18.7 Å². The Morgan fingerprint density at radius 1 is 0.968 bits per heavy atom. The van der Waals surface area contributed by atoms with Gasteiger partial charge in [0.2, 0.25) is 10.0 Å². The van der Waals surface area contributed by atoms with Crippen LogP contribution in [0.15, 0.2) is 46.4 Å². The van der Waals surface area contributed by atoms with Crippen LogP contribution >= 0.6 is 0 Å². The minimum absolute atomic E-state index is 0.116. The zero-order chi connectivity index (χ0) is 23.0. The Hall–Kier alpha value is -3.31. The van der Waals surface area contributed by atoms with E-state index in [0.29, 0.717) is 22.8 Å². The van der Waals surface area contributed by atoms with Crippen molar-refractivity contribution in [2.45, 2.75) is 4.90 Å². The number of nitrogens with zero attached hydrogens (tertiary/aromatic N) is 2. The zero-order valence-electron chi connectivity index (χ0n) is 17.9. The van der Waals surface area contributed by atoms with E-state index in [1.807, 2.05) is 0 Å². The summed E-state index contributed by atoms with van der Waals surface area (Å²) >= 11 is 0. The maximum Gasteiger partial charge on any atom is 0.255 e. The molecule has 1 N–H and O–H groups in total. The van der Waals surface area contributed by atoms with Crippen LogP contribution < -0.4 is 24.4 Å². The number of methoxy groups -OCH3 is 4. The molecule has 2 aromatic rings. The highest BCUT2D eigenvalue weighted by Crippen LogP contribution is 2.30. The van der Waals surface area contributed by atoms with Crippen LogP contribution in [0.25, 0.3) is 0 Å². The van der Waals surface area contributed by atoms with E-state index in [0.717, 1.165) is 4.31 Å². The molecule has 0 aliphatic heterocycles. The van der Waals surface area contributed by atoms with E-state index in [2.05, 4.69) is 10.5 Å². The Kier molecular flexibility index (Phi) is 8.22. The molecule has 0 saturated heterocycles. The molecule has 0 radical (unpaired) electrons. The summed E-state index contributed by atoms with van der Waals surface area (Å²) in [6, 6.07) is 9.48. The SMILES string of the molecule is COc1ccc(OC)c(C=NNC(=O)CN(C)S(=O)(=O)c2cc(OC)ccc2OC)c1. The lowest BCUT2D eigenvalue weighted by atomic mass is 10.2. The van der Waals surface area contributed by atoms with Crippen LogP contribution in [-0.2, 0) is 14.8 Å². The molecule has 0 aromatic heterocycles. The lowest BCUT2D eigenvalue weighted by Gasteiger charge is -2.18. The van der Waals surface area contributed by atoms with Crippen molar-refractivity contribution >= 4 is 22.1 Å². The smallest absolute Gasteiger partial charge is 0.255 e. The van der Waals surface area contributed by atoms with Crippen LogP contribution in [-0.4, -0.2) is 66.9 Å². The van der Waals surface area contributed by atoms with Gasteiger partial charge in [-0.25, -0.2) is 13.8 Å². The van der Waals surface area contributed by atoms with Crippen LogP contribution in [0.5, 0.6) is 23.0 Å². The Labute approximate surface area is 181 Å². The van der Waals surface area contributed by atoms with E-state index in [1.165, 1.54) is 53.8 Å². The number of benzene rings is 2. The van der Waals surface area contributed by atoms with E-state index < -0.39 is 22.5 Å². The van der Waals surface area contributed by atoms with Crippen molar-refractivity contribution in [3.63, 3.8) is 0 Å². The van der Waals surface area contributed by atoms with E-state index in [9.17, 15) is 13.2 Å². The summed E-state index contributed by atoms with van der Waals surface area (Å²) in [7, 11) is 3.06. The maximum atomic E-state index is 12.9. The molecule has 0 fully saturated rings. The molecule has 10 nitrogen and oxygen atoms in total. The van der Waals surface area contributed by atoms with Gasteiger partial charge in [-0.1, -0.05) is 0 Å². The molecule has 0 heterocycles. The number of sulfonamides is 1. The summed E-state index contributed by atoms with van der Waals surface area (Å²) < 4.78 is 47.3. The average Bonchev–Trinajstić information content (AvgIpc) is 2.78. The standard InChI is InChI=1S/C20H25N3O7S/c1-23(31(25,26)19-11-16(28-3)7-9-18(19)30-5)13-20(24)22-21-12-14-10-15(27-2)6-8-17(14)29-4/h6-12H,13H2,1-5H3,(H,22,24). The molecule has 31 heavy (non-hydrogen) atoms. The number of hydrazone groups is 1. The summed E-state index contributed by atoms with van der Waals surface area (Å²) in [6.07, 6.45) is 1.37. The summed E-state index contributed by atoms with van der Waals surface area (Å²) in [6.45, 7) is -0.463. The number of hydrogen-bond acceptors (Lipinski definition) is 8. The van der Waals surface area contributed by atoms with E-state index in [-0.39, 0.29) is 10.6 Å². The molecule has 0 unspecified atom stereocenters. The molecule has 11 heteroatoms.